The first-order chi connectivity index (χ1) is 8.59. The van der Waals surface area contributed by atoms with Gasteiger partial charge >= 0.3 is 0 Å². The highest BCUT2D eigenvalue weighted by Gasteiger charge is 2.32. The summed E-state index contributed by atoms with van der Waals surface area (Å²) in [4.78, 5) is 11.7. The summed E-state index contributed by atoms with van der Waals surface area (Å²) >= 11 is 0. The van der Waals surface area contributed by atoms with Gasteiger partial charge in [-0.1, -0.05) is 6.92 Å². The number of carbonyl (C=O) groups is 1. The average molecular weight is 253 g/mol. The quantitative estimate of drug-likeness (QED) is 0.869. The molecule has 100 valence electrons. The fraction of sp³-hybridized carbons (Fsp3) is 0.615. The molecule has 1 fully saturated rings. The molecule has 0 aromatic carbocycles. The minimum Gasteiger partial charge on any atom is -0.459 e. The van der Waals surface area contributed by atoms with Crippen molar-refractivity contribution in [2.45, 2.75) is 26.1 Å². The smallest absolute Gasteiger partial charge is 0.286 e. The summed E-state index contributed by atoms with van der Waals surface area (Å²) in [5.74, 6) is -0.0893. The summed E-state index contributed by atoms with van der Waals surface area (Å²) in [5, 5.41) is 2.83. The molecule has 1 aliphatic heterocycles. The Morgan fingerprint density at radius 1 is 1.50 bits per heavy atom. The molecule has 5 heteroatoms. The molecular weight excluding hydrogens is 234 g/mol. The fourth-order valence-corrected chi connectivity index (χ4v) is 2.14. The lowest BCUT2D eigenvalue weighted by Gasteiger charge is -2.25. The van der Waals surface area contributed by atoms with Gasteiger partial charge in [-0.2, -0.15) is 0 Å². The summed E-state index contributed by atoms with van der Waals surface area (Å²) in [5.41, 5.74) is 0. The maximum Gasteiger partial charge on any atom is 0.286 e. The summed E-state index contributed by atoms with van der Waals surface area (Å²) in [6.45, 7) is 5.84. The molecule has 5 nitrogen and oxygen atoms in total. The molecule has 18 heavy (non-hydrogen) atoms. The van der Waals surface area contributed by atoms with Crippen molar-refractivity contribution in [2.75, 3.05) is 19.8 Å². The molecule has 1 atom stereocenters. The van der Waals surface area contributed by atoms with Crippen LogP contribution in [-0.4, -0.2) is 31.5 Å². The Kier molecular flexibility index (Phi) is 4.04. The Balaban J connectivity index is 1.74. The lowest BCUT2D eigenvalue weighted by atomic mass is 10.0. The zero-order valence-electron chi connectivity index (χ0n) is 10.8. The van der Waals surface area contributed by atoms with Crippen molar-refractivity contribution in [3.05, 3.63) is 24.2 Å². The number of ether oxygens (including phenoxy) is 2. The van der Waals surface area contributed by atoms with E-state index in [-0.39, 0.29) is 11.8 Å². The predicted octanol–water partition coefficient (Wildman–Crippen LogP) is 1.80. The van der Waals surface area contributed by atoms with Crippen LogP contribution in [0.2, 0.25) is 0 Å². The van der Waals surface area contributed by atoms with Gasteiger partial charge in [0.2, 0.25) is 0 Å². The molecule has 0 radical (unpaired) electrons. The molecule has 1 aromatic rings. The van der Waals surface area contributed by atoms with Crippen LogP contribution in [0, 0.1) is 5.92 Å². The number of hydrogen-bond donors (Lipinski definition) is 1. The standard InChI is InChI=1S/C13H19NO4/c1-10(8-13(2)17-6-7-18-13)9-14-12(15)11-4-3-5-16-11/h3-5,10H,6-9H2,1-2H3,(H,14,15). The predicted molar refractivity (Wildman–Crippen MR) is 65.1 cm³/mol. The number of nitrogens with one attached hydrogen (secondary N) is 1. The van der Waals surface area contributed by atoms with Gasteiger partial charge in [-0.15, -0.1) is 0 Å². The van der Waals surface area contributed by atoms with Crippen molar-refractivity contribution in [3.8, 4) is 0 Å². The third kappa shape index (κ3) is 3.34. The number of rotatable bonds is 5. The molecule has 0 aliphatic carbocycles. The molecule has 1 amide bonds. The van der Waals surface area contributed by atoms with Gasteiger partial charge in [-0.3, -0.25) is 4.79 Å². The summed E-state index contributed by atoms with van der Waals surface area (Å²) in [7, 11) is 0. The highest BCUT2D eigenvalue weighted by molar-refractivity contribution is 5.91. The van der Waals surface area contributed by atoms with Gasteiger partial charge in [-0.05, 0) is 25.0 Å². The number of carbonyl (C=O) groups excluding carboxylic acids is 1. The first-order valence-electron chi connectivity index (χ1n) is 6.19. The van der Waals surface area contributed by atoms with Gasteiger partial charge in [0, 0.05) is 13.0 Å². The molecular formula is C13H19NO4. The second-order valence-electron chi connectivity index (χ2n) is 4.83. The van der Waals surface area contributed by atoms with Crippen LogP contribution in [0.4, 0.5) is 0 Å². The number of amides is 1. The Hall–Kier alpha value is -1.33. The first-order valence-corrected chi connectivity index (χ1v) is 6.19. The van der Waals surface area contributed by atoms with E-state index < -0.39 is 5.79 Å². The fourth-order valence-electron chi connectivity index (χ4n) is 2.14. The van der Waals surface area contributed by atoms with Crippen LogP contribution < -0.4 is 5.32 Å². The Morgan fingerprint density at radius 3 is 2.83 bits per heavy atom. The highest BCUT2D eigenvalue weighted by Crippen LogP contribution is 2.26. The van der Waals surface area contributed by atoms with Crippen LogP contribution in [-0.2, 0) is 9.47 Å². The maximum absolute atomic E-state index is 11.7. The maximum atomic E-state index is 11.7. The van der Waals surface area contributed by atoms with Crippen molar-refractivity contribution in [3.63, 3.8) is 0 Å². The molecule has 2 heterocycles. The van der Waals surface area contributed by atoms with Crippen molar-refractivity contribution < 1.29 is 18.7 Å². The molecule has 1 aliphatic rings. The zero-order valence-corrected chi connectivity index (χ0v) is 10.8. The normalized spacial score (nSPS) is 19.7. The average Bonchev–Trinajstić information content (AvgIpc) is 2.97. The third-order valence-electron chi connectivity index (χ3n) is 2.97. The van der Waals surface area contributed by atoms with E-state index in [4.69, 9.17) is 13.9 Å². The Labute approximate surface area is 106 Å². The topological polar surface area (TPSA) is 60.7 Å². The minimum atomic E-state index is -0.505. The van der Waals surface area contributed by atoms with E-state index in [1.165, 1.54) is 6.26 Å². The van der Waals surface area contributed by atoms with Crippen LogP contribution in [0.3, 0.4) is 0 Å². The Bertz CT molecular complexity index is 382. The van der Waals surface area contributed by atoms with E-state index in [1.54, 1.807) is 12.1 Å². The molecule has 0 spiro atoms. The van der Waals surface area contributed by atoms with Crippen LogP contribution in [0.1, 0.15) is 30.8 Å². The molecule has 2 rings (SSSR count). The van der Waals surface area contributed by atoms with Crippen LogP contribution >= 0.6 is 0 Å². The largest absolute Gasteiger partial charge is 0.459 e. The lowest BCUT2D eigenvalue weighted by molar-refractivity contribution is -0.153. The SMILES string of the molecule is CC(CNC(=O)c1ccco1)CC1(C)OCCO1. The van der Waals surface area contributed by atoms with Gasteiger partial charge < -0.3 is 19.2 Å². The van der Waals surface area contributed by atoms with Crippen molar-refractivity contribution >= 4 is 5.91 Å². The number of hydrogen-bond acceptors (Lipinski definition) is 4. The molecule has 1 N–H and O–H groups in total. The molecule has 1 aromatic heterocycles. The first kappa shape index (κ1) is 13.1. The molecule has 1 unspecified atom stereocenters. The van der Waals surface area contributed by atoms with Crippen LogP contribution in [0.15, 0.2) is 22.8 Å². The number of furan rings is 1. The Morgan fingerprint density at radius 2 is 2.22 bits per heavy atom. The summed E-state index contributed by atoms with van der Waals surface area (Å²) < 4.78 is 16.1. The minimum absolute atomic E-state index is 0.190. The molecule has 1 saturated heterocycles. The van der Waals surface area contributed by atoms with E-state index >= 15 is 0 Å². The second kappa shape index (κ2) is 5.54. The summed E-state index contributed by atoms with van der Waals surface area (Å²) in [6.07, 6.45) is 2.24. The van der Waals surface area contributed by atoms with Crippen LogP contribution in [0.5, 0.6) is 0 Å². The van der Waals surface area contributed by atoms with Crippen LogP contribution in [0.25, 0.3) is 0 Å². The van der Waals surface area contributed by atoms with E-state index in [0.717, 1.165) is 6.42 Å². The molecule has 0 bridgehead atoms. The monoisotopic (exact) mass is 253 g/mol. The van der Waals surface area contributed by atoms with Crippen molar-refractivity contribution in [1.82, 2.24) is 5.32 Å². The third-order valence-corrected chi connectivity index (χ3v) is 2.97. The van der Waals surface area contributed by atoms with Gasteiger partial charge in [0.05, 0.1) is 19.5 Å². The second-order valence-corrected chi connectivity index (χ2v) is 4.83. The van der Waals surface area contributed by atoms with E-state index in [0.29, 0.717) is 25.5 Å². The highest BCUT2D eigenvalue weighted by atomic mass is 16.7. The van der Waals surface area contributed by atoms with E-state index in [2.05, 4.69) is 12.2 Å². The molecule has 0 saturated carbocycles. The van der Waals surface area contributed by atoms with Gasteiger partial charge in [0.25, 0.3) is 5.91 Å². The lowest BCUT2D eigenvalue weighted by Crippen LogP contribution is -2.34. The van der Waals surface area contributed by atoms with Gasteiger partial charge in [0.15, 0.2) is 11.5 Å². The van der Waals surface area contributed by atoms with E-state index in [1.807, 2.05) is 6.92 Å². The van der Waals surface area contributed by atoms with Crippen molar-refractivity contribution in [2.24, 2.45) is 5.92 Å². The van der Waals surface area contributed by atoms with Gasteiger partial charge in [-0.25, -0.2) is 0 Å². The van der Waals surface area contributed by atoms with Crippen molar-refractivity contribution in [1.29, 1.82) is 0 Å². The summed E-state index contributed by atoms with van der Waals surface area (Å²) in [6, 6.07) is 3.34. The zero-order chi connectivity index (χ0) is 13.0. The van der Waals surface area contributed by atoms with Gasteiger partial charge in [0.1, 0.15) is 0 Å². The van der Waals surface area contributed by atoms with E-state index in [9.17, 15) is 4.79 Å².